The van der Waals surface area contributed by atoms with Crippen molar-refractivity contribution < 1.29 is 13.3 Å². The lowest BCUT2D eigenvalue weighted by molar-refractivity contribution is 0.597. The van der Waals surface area contributed by atoms with Crippen LogP contribution in [0.2, 0.25) is 0 Å². The lowest BCUT2D eigenvalue weighted by atomic mass is 10.0. The second-order valence-electron chi connectivity index (χ2n) is 13.3. The zero-order chi connectivity index (χ0) is 34.2. The van der Waals surface area contributed by atoms with E-state index < -0.39 is 0 Å². The molecule has 0 amide bonds. The van der Waals surface area contributed by atoms with E-state index >= 15 is 0 Å². The fraction of sp³-hybridized carbons (Fsp3) is 0. The van der Waals surface area contributed by atoms with Gasteiger partial charge in [0.25, 0.3) is 0 Å². The van der Waals surface area contributed by atoms with E-state index in [1.54, 1.807) is 0 Å². The summed E-state index contributed by atoms with van der Waals surface area (Å²) in [4.78, 5) is 2.26. The number of fused-ring (bicyclic) bond motifs is 10. The molecule has 4 nitrogen and oxygen atoms in total. The molecule has 0 aliphatic heterocycles. The van der Waals surface area contributed by atoms with E-state index in [0.717, 1.165) is 83.6 Å². The van der Waals surface area contributed by atoms with Crippen LogP contribution < -0.4 is 4.90 Å². The molecule has 0 spiro atoms. The van der Waals surface area contributed by atoms with Gasteiger partial charge < -0.3 is 18.2 Å². The molecule has 0 bridgehead atoms. The van der Waals surface area contributed by atoms with Crippen LogP contribution in [-0.4, -0.2) is 0 Å². The fourth-order valence-corrected chi connectivity index (χ4v) is 7.82. The van der Waals surface area contributed by atoms with E-state index in [0.29, 0.717) is 0 Å². The lowest BCUT2D eigenvalue weighted by Gasteiger charge is -2.25. The van der Waals surface area contributed by atoms with Crippen LogP contribution in [0.15, 0.2) is 189 Å². The van der Waals surface area contributed by atoms with Crippen molar-refractivity contribution >= 4 is 82.5 Å². The van der Waals surface area contributed by atoms with E-state index in [4.69, 9.17) is 13.3 Å². The van der Waals surface area contributed by atoms with Gasteiger partial charge >= 0.3 is 0 Å². The molecule has 3 aromatic heterocycles. The Morgan fingerprint density at radius 3 is 1.35 bits per heavy atom. The SMILES string of the molecule is c1ccc(-c2ccc(-c3ccc(N(c4ccc5c(c4)oc4ccc6ccccc6c45)c4ccc5c(c4)oc4ccc6ccccc6c45)cc3)o2)cc1. The van der Waals surface area contributed by atoms with Crippen LogP contribution in [0.25, 0.3) is 88.1 Å². The molecule has 4 heteroatoms. The van der Waals surface area contributed by atoms with Crippen LogP contribution in [0.5, 0.6) is 0 Å². The maximum Gasteiger partial charge on any atom is 0.137 e. The standard InChI is InChI=1S/C48H29NO3/c1-2-10-32(11-3-1)41-26-27-42(50-41)33-14-18-34(19-15-33)49(35-20-22-39-45(28-35)51-43-24-16-30-8-4-6-12-37(30)47(39)43)36-21-23-40-46(29-36)52-44-25-17-31-9-5-7-13-38(31)48(40)44/h1-29H. The lowest BCUT2D eigenvalue weighted by Crippen LogP contribution is -2.09. The van der Waals surface area contributed by atoms with Gasteiger partial charge in [-0.15, -0.1) is 0 Å². The minimum absolute atomic E-state index is 0.823. The number of rotatable bonds is 5. The summed E-state index contributed by atoms with van der Waals surface area (Å²) in [6, 6.07) is 61.2. The van der Waals surface area contributed by atoms with Gasteiger partial charge in [-0.3, -0.25) is 0 Å². The minimum atomic E-state index is 0.823. The van der Waals surface area contributed by atoms with Crippen molar-refractivity contribution in [2.45, 2.75) is 0 Å². The van der Waals surface area contributed by atoms with Crippen LogP contribution in [0.4, 0.5) is 17.1 Å². The summed E-state index contributed by atoms with van der Waals surface area (Å²) < 4.78 is 19.4. The summed E-state index contributed by atoms with van der Waals surface area (Å²) >= 11 is 0. The molecule has 0 saturated carbocycles. The molecule has 0 aliphatic carbocycles. The van der Waals surface area contributed by atoms with Gasteiger partial charge in [0.1, 0.15) is 33.9 Å². The van der Waals surface area contributed by atoms with Gasteiger partial charge in [0, 0.05) is 61.9 Å². The normalized spacial score (nSPS) is 11.8. The molecule has 3 heterocycles. The van der Waals surface area contributed by atoms with Gasteiger partial charge in [0.15, 0.2) is 0 Å². The van der Waals surface area contributed by atoms with Gasteiger partial charge in [-0.05, 0) is 94.3 Å². The number of nitrogens with zero attached hydrogens (tertiary/aromatic N) is 1. The molecule has 11 rings (SSSR count). The van der Waals surface area contributed by atoms with E-state index in [1.165, 1.54) is 21.5 Å². The highest BCUT2D eigenvalue weighted by Gasteiger charge is 2.19. The molecule has 0 fully saturated rings. The summed E-state index contributed by atoms with van der Waals surface area (Å²) in [5, 5.41) is 9.24. The number of furan rings is 3. The molecule has 11 aromatic rings. The average molecular weight is 668 g/mol. The predicted molar refractivity (Wildman–Crippen MR) is 214 cm³/mol. The van der Waals surface area contributed by atoms with Crippen molar-refractivity contribution in [1.29, 1.82) is 0 Å². The molecule has 0 aliphatic rings. The van der Waals surface area contributed by atoms with Crippen LogP contribution in [-0.2, 0) is 0 Å². The molecule has 52 heavy (non-hydrogen) atoms. The van der Waals surface area contributed by atoms with Crippen molar-refractivity contribution in [2.75, 3.05) is 4.90 Å². The summed E-state index contributed by atoms with van der Waals surface area (Å²) in [5.74, 6) is 1.67. The van der Waals surface area contributed by atoms with Gasteiger partial charge in [-0.2, -0.15) is 0 Å². The van der Waals surface area contributed by atoms with Crippen LogP contribution in [0, 0.1) is 0 Å². The Kier molecular flexibility index (Phi) is 6.22. The molecular weight excluding hydrogens is 639 g/mol. The summed E-state index contributed by atoms with van der Waals surface area (Å²) in [7, 11) is 0. The quantitative estimate of drug-likeness (QED) is 0.183. The molecule has 0 saturated heterocycles. The molecule has 0 unspecified atom stereocenters. The Hall–Kier alpha value is -7.04. The summed E-state index contributed by atoms with van der Waals surface area (Å²) in [5.41, 5.74) is 8.46. The molecule has 0 atom stereocenters. The van der Waals surface area contributed by atoms with Crippen LogP contribution in [0.1, 0.15) is 0 Å². The smallest absolute Gasteiger partial charge is 0.137 e. The maximum atomic E-state index is 6.53. The first-order valence-corrected chi connectivity index (χ1v) is 17.5. The highest BCUT2D eigenvalue weighted by molar-refractivity contribution is 6.20. The summed E-state index contributed by atoms with van der Waals surface area (Å²) in [6.07, 6.45) is 0. The van der Waals surface area contributed by atoms with Crippen molar-refractivity contribution in [3.63, 3.8) is 0 Å². The second-order valence-corrected chi connectivity index (χ2v) is 13.3. The van der Waals surface area contributed by atoms with E-state index in [9.17, 15) is 0 Å². The van der Waals surface area contributed by atoms with Gasteiger partial charge in [-0.25, -0.2) is 0 Å². The molecule has 8 aromatic carbocycles. The molecular formula is C48H29NO3. The third kappa shape index (κ3) is 4.48. The second kappa shape index (κ2) is 11.2. The maximum absolute atomic E-state index is 6.53. The third-order valence-electron chi connectivity index (χ3n) is 10.3. The topological polar surface area (TPSA) is 42.7 Å². The Morgan fingerprint density at radius 2 is 0.788 bits per heavy atom. The largest absolute Gasteiger partial charge is 0.456 e. The van der Waals surface area contributed by atoms with Crippen molar-refractivity contribution in [3.8, 4) is 22.6 Å². The van der Waals surface area contributed by atoms with Crippen molar-refractivity contribution in [1.82, 2.24) is 0 Å². The van der Waals surface area contributed by atoms with E-state index in [1.807, 2.05) is 30.3 Å². The van der Waals surface area contributed by atoms with Gasteiger partial charge in [0.2, 0.25) is 0 Å². The van der Waals surface area contributed by atoms with Crippen LogP contribution >= 0.6 is 0 Å². The minimum Gasteiger partial charge on any atom is -0.456 e. The Morgan fingerprint density at radius 1 is 0.308 bits per heavy atom. The first-order valence-electron chi connectivity index (χ1n) is 17.5. The molecule has 0 radical (unpaired) electrons. The van der Waals surface area contributed by atoms with E-state index in [2.05, 4.69) is 150 Å². The Balaban J connectivity index is 1.07. The molecule has 0 N–H and O–H groups in total. The van der Waals surface area contributed by atoms with Crippen molar-refractivity contribution in [3.05, 3.63) is 176 Å². The fourth-order valence-electron chi connectivity index (χ4n) is 7.82. The van der Waals surface area contributed by atoms with Gasteiger partial charge in [-0.1, -0.05) is 91.0 Å². The Labute approximate surface area is 298 Å². The van der Waals surface area contributed by atoms with E-state index in [-0.39, 0.29) is 0 Å². The number of benzene rings is 8. The average Bonchev–Trinajstić information content (AvgIpc) is 3.94. The zero-order valence-corrected chi connectivity index (χ0v) is 27.9. The highest BCUT2D eigenvalue weighted by atomic mass is 16.3. The third-order valence-corrected chi connectivity index (χ3v) is 10.3. The predicted octanol–water partition coefficient (Wildman–Crippen LogP) is 14.2. The Bertz CT molecular complexity index is 2970. The zero-order valence-electron chi connectivity index (χ0n) is 27.9. The summed E-state index contributed by atoms with van der Waals surface area (Å²) in [6.45, 7) is 0. The monoisotopic (exact) mass is 667 g/mol. The number of hydrogen-bond acceptors (Lipinski definition) is 4. The number of hydrogen-bond donors (Lipinski definition) is 0. The first-order chi connectivity index (χ1) is 25.7. The van der Waals surface area contributed by atoms with Crippen LogP contribution in [0.3, 0.4) is 0 Å². The highest BCUT2D eigenvalue weighted by Crippen LogP contribution is 2.43. The number of anilines is 3. The molecule has 244 valence electrons. The first kappa shape index (κ1) is 28.8. The van der Waals surface area contributed by atoms with Gasteiger partial charge in [0.05, 0.1) is 0 Å². The van der Waals surface area contributed by atoms with Crippen molar-refractivity contribution in [2.24, 2.45) is 0 Å².